The van der Waals surface area contributed by atoms with E-state index >= 15 is 0 Å². The van der Waals surface area contributed by atoms with Crippen molar-refractivity contribution in [2.45, 2.75) is 32.7 Å². The van der Waals surface area contributed by atoms with E-state index in [0.717, 1.165) is 12.8 Å². The molecule has 0 aliphatic heterocycles. The fourth-order valence-electron chi connectivity index (χ4n) is 1.22. The van der Waals surface area contributed by atoms with E-state index in [0.29, 0.717) is 0 Å². The predicted molar refractivity (Wildman–Crippen MR) is 61.8 cm³/mol. The minimum Gasteiger partial charge on any atom is -0.271 e. The number of nitrogens with one attached hydrogen (secondary N) is 1. The van der Waals surface area contributed by atoms with Gasteiger partial charge in [-0.15, -0.1) is 23.2 Å². The largest absolute Gasteiger partial charge is 0.271 e. The van der Waals surface area contributed by atoms with Gasteiger partial charge in [0.2, 0.25) is 0 Å². The lowest BCUT2D eigenvalue weighted by Crippen LogP contribution is -2.26. The lowest BCUT2D eigenvalue weighted by atomic mass is 10.2. The van der Waals surface area contributed by atoms with Gasteiger partial charge in [0.05, 0.1) is 6.04 Å². The molecule has 0 radical (unpaired) electrons. The van der Waals surface area contributed by atoms with E-state index in [9.17, 15) is 0 Å². The molecule has 2 nitrogen and oxygen atoms in total. The molecule has 1 rings (SSSR count). The van der Waals surface area contributed by atoms with Gasteiger partial charge >= 0.3 is 0 Å². The second-order valence-corrected chi connectivity index (χ2v) is 4.21. The average Bonchev–Trinajstić information content (AvgIpc) is 2.68. The summed E-state index contributed by atoms with van der Waals surface area (Å²) in [6, 6.07) is 4.46. The average molecular weight is 208 g/mol. The van der Waals surface area contributed by atoms with Crippen LogP contribution < -0.4 is 11.3 Å². The molecule has 1 unspecified atom stereocenters. The van der Waals surface area contributed by atoms with Crippen molar-refractivity contribution in [1.29, 1.82) is 0 Å². The van der Waals surface area contributed by atoms with Crippen LogP contribution in [0.4, 0.5) is 0 Å². The molecule has 0 spiro atoms. The molecule has 0 aromatic carbocycles. The minimum absolute atomic E-state index is 0.174. The van der Waals surface area contributed by atoms with Gasteiger partial charge in [-0.05, 0) is 25.5 Å². The third-order valence-electron chi connectivity index (χ3n) is 2.06. The van der Waals surface area contributed by atoms with Crippen LogP contribution in [0.3, 0.4) is 0 Å². The van der Waals surface area contributed by atoms with E-state index in [1.165, 1.54) is 9.75 Å². The molecule has 1 heterocycles. The first-order chi connectivity index (χ1) is 6.81. The van der Waals surface area contributed by atoms with E-state index in [1.54, 1.807) is 11.3 Å². The zero-order valence-corrected chi connectivity index (χ0v) is 9.45. The molecule has 0 saturated heterocycles. The maximum absolute atomic E-state index is 5.49. The van der Waals surface area contributed by atoms with Crippen LogP contribution in [0, 0.1) is 11.8 Å². The van der Waals surface area contributed by atoms with Crippen molar-refractivity contribution in [3.8, 4) is 11.8 Å². The van der Waals surface area contributed by atoms with Crippen LogP contribution in [-0.2, 0) is 6.42 Å². The Kier molecular flexibility index (Phi) is 4.68. The van der Waals surface area contributed by atoms with Gasteiger partial charge in [0, 0.05) is 16.2 Å². The van der Waals surface area contributed by atoms with Crippen LogP contribution in [0.1, 0.15) is 36.1 Å². The Bertz CT molecular complexity index is 333. The first-order valence-electron chi connectivity index (χ1n) is 4.76. The smallest absolute Gasteiger partial charge is 0.0662 e. The molecule has 0 aliphatic carbocycles. The third kappa shape index (κ3) is 2.85. The van der Waals surface area contributed by atoms with Crippen LogP contribution in [-0.4, -0.2) is 0 Å². The number of hydrazine groups is 1. The quantitative estimate of drug-likeness (QED) is 0.452. The fraction of sp³-hybridized carbons (Fsp3) is 0.455. The zero-order chi connectivity index (χ0) is 10.4. The second kappa shape index (κ2) is 5.82. The van der Waals surface area contributed by atoms with Gasteiger partial charge in [-0.2, -0.15) is 0 Å². The number of thiophene rings is 1. The van der Waals surface area contributed by atoms with E-state index in [1.807, 2.05) is 6.92 Å². The van der Waals surface area contributed by atoms with E-state index in [2.05, 4.69) is 36.3 Å². The first-order valence-corrected chi connectivity index (χ1v) is 5.57. The van der Waals surface area contributed by atoms with Crippen LogP contribution in [0.25, 0.3) is 0 Å². The van der Waals surface area contributed by atoms with E-state index < -0.39 is 0 Å². The number of hydrogen-bond acceptors (Lipinski definition) is 3. The molecule has 1 atom stereocenters. The zero-order valence-electron chi connectivity index (χ0n) is 8.63. The highest BCUT2D eigenvalue weighted by Gasteiger charge is 2.10. The normalized spacial score (nSPS) is 11.9. The van der Waals surface area contributed by atoms with Crippen LogP contribution in [0.2, 0.25) is 0 Å². The first kappa shape index (κ1) is 11.3. The lowest BCUT2D eigenvalue weighted by Gasteiger charge is -2.09. The summed E-state index contributed by atoms with van der Waals surface area (Å²) < 4.78 is 0. The van der Waals surface area contributed by atoms with Gasteiger partial charge in [0.15, 0.2) is 0 Å². The molecule has 3 N–H and O–H groups in total. The Morgan fingerprint density at radius 1 is 1.57 bits per heavy atom. The molecule has 0 saturated carbocycles. The number of hydrogen-bond donors (Lipinski definition) is 2. The highest BCUT2D eigenvalue weighted by Crippen LogP contribution is 2.24. The fourth-order valence-corrected chi connectivity index (χ4v) is 2.23. The van der Waals surface area contributed by atoms with Gasteiger partial charge in [0.25, 0.3) is 0 Å². The molecule has 3 heteroatoms. The van der Waals surface area contributed by atoms with Gasteiger partial charge in [0.1, 0.15) is 0 Å². The van der Waals surface area contributed by atoms with Crippen molar-refractivity contribution in [2.24, 2.45) is 5.84 Å². The Morgan fingerprint density at radius 2 is 2.36 bits per heavy atom. The van der Waals surface area contributed by atoms with E-state index in [4.69, 9.17) is 5.84 Å². The summed E-state index contributed by atoms with van der Waals surface area (Å²) in [5.41, 5.74) is 2.80. The second-order valence-electron chi connectivity index (χ2n) is 3.01. The monoisotopic (exact) mass is 208 g/mol. The molecule has 14 heavy (non-hydrogen) atoms. The van der Waals surface area contributed by atoms with E-state index in [-0.39, 0.29) is 6.04 Å². The summed E-state index contributed by atoms with van der Waals surface area (Å²) in [6.07, 6.45) is 1.86. The summed E-state index contributed by atoms with van der Waals surface area (Å²) in [5.74, 6) is 11.4. The van der Waals surface area contributed by atoms with Crippen LogP contribution in [0.15, 0.2) is 12.1 Å². The van der Waals surface area contributed by atoms with Crippen LogP contribution >= 0.6 is 11.3 Å². The Labute approximate surface area is 89.5 Å². The molecule has 76 valence electrons. The van der Waals surface area contributed by atoms with Crippen molar-refractivity contribution in [3.63, 3.8) is 0 Å². The highest BCUT2D eigenvalue weighted by molar-refractivity contribution is 7.12. The van der Waals surface area contributed by atoms with Gasteiger partial charge in [-0.1, -0.05) is 6.92 Å². The highest BCUT2D eigenvalue weighted by atomic mass is 32.1. The maximum Gasteiger partial charge on any atom is 0.0662 e. The molecule has 0 bridgehead atoms. The van der Waals surface area contributed by atoms with Crippen molar-refractivity contribution in [3.05, 3.63) is 21.9 Å². The van der Waals surface area contributed by atoms with Crippen LogP contribution in [0.5, 0.6) is 0 Å². The Balaban J connectivity index is 2.71. The summed E-state index contributed by atoms with van der Waals surface area (Å²) >= 11 is 1.81. The number of aryl methyl sites for hydroxylation is 1. The SMILES string of the molecule is CC#CCC(NN)c1ccc(CC)s1. The molecule has 1 aromatic rings. The van der Waals surface area contributed by atoms with Crippen molar-refractivity contribution in [1.82, 2.24) is 5.43 Å². The lowest BCUT2D eigenvalue weighted by molar-refractivity contribution is 0.577. The van der Waals surface area contributed by atoms with Gasteiger partial charge < -0.3 is 0 Å². The standard InChI is InChI=1S/C11H16N2S/c1-3-5-6-10(13-12)11-8-7-9(4-2)14-11/h7-8,10,13H,4,6,12H2,1-2H3. The van der Waals surface area contributed by atoms with Crippen molar-refractivity contribution >= 4 is 11.3 Å². The van der Waals surface area contributed by atoms with Crippen molar-refractivity contribution in [2.75, 3.05) is 0 Å². The molecule has 0 fully saturated rings. The molecule has 1 aromatic heterocycles. The van der Waals surface area contributed by atoms with Crippen molar-refractivity contribution < 1.29 is 0 Å². The number of nitrogens with two attached hydrogens (primary N) is 1. The van der Waals surface area contributed by atoms with Gasteiger partial charge in [-0.25, -0.2) is 0 Å². The maximum atomic E-state index is 5.49. The molecule has 0 aliphatic rings. The van der Waals surface area contributed by atoms with Gasteiger partial charge in [-0.3, -0.25) is 11.3 Å². The summed E-state index contributed by atoms with van der Waals surface area (Å²) in [7, 11) is 0. The third-order valence-corrected chi connectivity index (χ3v) is 3.40. The minimum atomic E-state index is 0.174. The molecular formula is C11H16N2S. The Morgan fingerprint density at radius 3 is 2.86 bits per heavy atom. The molecule has 0 amide bonds. The predicted octanol–water partition coefficient (Wildman–Crippen LogP) is 2.23. The summed E-state index contributed by atoms with van der Waals surface area (Å²) in [4.78, 5) is 2.66. The number of rotatable bonds is 4. The topological polar surface area (TPSA) is 38.0 Å². The summed E-state index contributed by atoms with van der Waals surface area (Å²) in [6.45, 7) is 4.01. The summed E-state index contributed by atoms with van der Waals surface area (Å²) in [5, 5.41) is 0. The Hall–Kier alpha value is -0.820. The molecular weight excluding hydrogens is 192 g/mol.